The van der Waals surface area contributed by atoms with E-state index in [1.54, 1.807) is 89.2 Å². The molecule has 1 aliphatic rings. The van der Waals surface area contributed by atoms with Crippen LogP contribution < -0.4 is 0 Å². The van der Waals surface area contributed by atoms with Crippen molar-refractivity contribution >= 4 is 47.7 Å². The van der Waals surface area contributed by atoms with Gasteiger partial charge in [0.2, 0.25) is 10.0 Å². The van der Waals surface area contributed by atoms with Gasteiger partial charge in [-0.15, -0.1) is 0 Å². The molecule has 650 valence electrons. The van der Waals surface area contributed by atoms with Gasteiger partial charge in [0.05, 0.1) is 60.4 Å². The highest BCUT2D eigenvalue weighted by Gasteiger charge is 2.38. The van der Waals surface area contributed by atoms with Crippen LogP contribution in [0, 0.1) is 49.9 Å². The Hall–Kier alpha value is -6.40. The maximum absolute atomic E-state index is 12.6. The maximum atomic E-state index is 12.6. The van der Waals surface area contributed by atoms with Gasteiger partial charge in [-0.1, -0.05) is 256 Å². The lowest BCUT2D eigenvalue weighted by molar-refractivity contribution is -0.163. The molecule has 0 bridgehead atoms. The molecule has 6 aromatic rings. The molecule has 0 aliphatic heterocycles. The van der Waals surface area contributed by atoms with Crippen molar-refractivity contribution in [1.82, 2.24) is 4.31 Å². The van der Waals surface area contributed by atoms with Crippen LogP contribution in [0.15, 0.2) is 142 Å². The number of unbranched alkanes of at least 4 members (excludes halogenated alkanes) is 11. The number of carbonyl (C=O) groups excluding carboxylic acids is 2. The van der Waals surface area contributed by atoms with Gasteiger partial charge >= 0.3 is 11.9 Å². The normalized spacial score (nSPS) is 13.5. The Balaban J connectivity index is 0.000000697. The zero-order chi connectivity index (χ0) is 86.8. The number of aromatic hydroxyl groups is 4. The lowest BCUT2D eigenvalue weighted by atomic mass is 9.79. The van der Waals surface area contributed by atoms with Crippen LogP contribution in [-0.2, 0) is 55.5 Å². The molecule has 0 radical (unpaired) electrons. The monoisotopic (exact) mass is 1710 g/mol. The summed E-state index contributed by atoms with van der Waals surface area (Å²) in [6.45, 7) is 34.9. The van der Waals surface area contributed by atoms with Gasteiger partial charge in [-0.05, 0) is 202 Å². The summed E-state index contributed by atoms with van der Waals surface area (Å²) in [7, 11) is -6.72. The first kappa shape index (κ1) is 107. The number of esters is 2. The van der Waals surface area contributed by atoms with Crippen LogP contribution in [0.2, 0.25) is 0 Å². The summed E-state index contributed by atoms with van der Waals surface area (Å²) >= 11 is 3.32. The Bertz CT molecular complexity index is 3680. The number of aliphatic hydroxyl groups is 5. The third kappa shape index (κ3) is 43.2. The molecule has 115 heavy (non-hydrogen) atoms. The van der Waals surface area contributed by atoms with Crippen LogP contribution >= 0.6 is 15.9 Å². The van der Waals surface area contributed by atoms with E-state index in [0.29, 0.717) is 48.3 Å². The fraction of sp³-hybridized carbons (Fsp3) is 0.596. The molecular weight excluding hydrogens is 1560 g/mol. The number of rotatable bonds is 37. The summed E-state index contributed by atoms with van der Waals surface area (Å²) in [6, 6.07) is 37.5. The zero-order valence-electron chi connectivity index (χ0n) is 72.7. The second-order valence-corrected chi connectivity index (χ2v) is 38.1. The van der Waals surface area contributed by atoms with Crippen molar-refractivity contribution in [1.29, 1.82) is 0 Å². The van der Waals surface area contributed by atoms with Gasteiger partial charge in [-0.25, -0.2) is 16.8 Å². The molecule has 18 nitrogen and oxygen atoms in total. The predicted molar refractivity (Wildman–Crippen MR) is 473 cm³/mol. The van der Waals surface area contributed by atoms with E-state index < -0.39 is 25.3 Å². The Morgan fingerprint density at radius 2 is 0.878 bits per heavy atom. The van der Waals surface area contributed by atoms with Crippen molar-refractivity contribution in [2.24, 2.45) is 29.1 Å². The van der Waals surface area contributed by atoms with Crippen molar-refractivity contribution in [2.45, 2.75) is 285 Å². The van der Waals surface area contributed by atoms with Crippen LogP contribution in [0.5, 0.6) is 23.0 Å². The Kier molecular flexibility index (Phi) is 53.5. The lowest BCUT2D eigenvalue weighted by Crippen LogP contribution is -2.35. The number of sulfone groups is 1. The number of benzene rings is 6. The summed E-state index contributed by atoms with van der Waals surface area (Å²) in [6.07, 6.45) is 23.2. The minimum atomic E-state index is -3.37. The molecule has 0 amide bonds. The number of ether oxygens (including phenoxy) is 2. The van der Waals surface area contributed by atoms with Crippen molar-refractivity contribution in [3.63, 3.8) is 0 Å². The molecule has 1 saturated carbocycles. The molecule has 7 rings (SSSR count). The number of halogens is 1. The van der Waals surface area contributed by atoms with Crippen LogP contribution in [0.4, 0.5) is 0 Å². The smallest absolute Gasteiger partial charge is 0.309 e. The highest BCUT2D eigenvalue weighted by molar-refractivity contribution is 9.10. The average molecular weight is 1710 g/mol. The van der Waals surface area contributed by atoms with Crippen LogP contribution in [0.3, 0.4) is 0 Å². The number of nitrogens with zero attached hydrogens (tertiary/aromatic N) is 1. The average Bonchev–Trinajstić information content (AvgIpc) is 0.807. The van der Waals surface area contributed by atoms with Gasteiger partial charge in [0, 0.05) is 47.3 Å². The van der Waals surface area contributed by atoms with Gasteiger partial charge in [0.1, 0.15) is 23.0 Å². The van der Waals surface area contributed by atoms with Crippen molar-refractivity contribution in [3.8, 4) is 34.1 Å². The van der Waals surface area contributed by atoms with Crippen molar-refractivity contribution in [2.75, 3.05) is 59.3 Å². The van der Waals surface area contributed by atoms with E-state index in [1.165, 1.54) is 44.1 Å². The van der Waals surface area contributed by atoms with Gasteiger partial charge in [0.25, 0.3) is 0 Å². The van der Waals surface area contributed by atoms with E-state index in [0.717, 1.165) is 158 Å². The number of sulfonamides is 1. The highest BCUT2D eigenvalue weighted by Crippen LogP contribution is 2.40. The minimum absolute atomic E-state index is 0.0476. The quantitative estimate of drug-likeness (QED) is 0.00994. The maximum Gasteiger partial charge on any atom is 0.309 e. The first-order valence-electron chi connectivity index (χ1n) is 41.9. The second kappa shape index (κ2) is 57.7. The van der Waals surface area contributed by atoms with E-state index in [2.05, 4.69) is 57.5 Å². The third-order valence-electron chi connectivity index (χ3n) is 20.1. The SMILES string of the molecule is CC(C)(C)c1cc(O)c(C(C)(C)C)cc1O.CC(C)CCCCCCOC(=O)C1CCCCC1C(=O)OCCCCCCC(C)C.CCC(CO)(CO)CO.CCCCN(CCCC)S(=O)(=O)c1ccc(Br)cc1.Cc1ccc(S(=O)(=O)Cc2c(C)cc(O)cc2C)cc1.OCCCCCCO.Oc1ccc(-c2ccccc2)cc1. The number of hydrogen-bond donors (Lipinski definition) is 9. The van der Waals surface area contributed by atoms with Crippen molar-refractivity contribution < 1.29 is 81.9 Å². The summed E-state index contributed by atoms with van der Waals surface area (Å²) in [5, 5.41) is 81.2. The summed E-state index contributed by atoms with van der Waals surface area (Å²) < 4.78 is 63.6. The minimum Gasteiger partial charge on any atom is -0.508 e. The number of phenolic OH excluding ortho intramolecular Hbond substituents is 4. The van der Waals surface area contributed by atoms with Crippen LogP contribution in [-0.4, -0.2) is 138 Å². The highest BCUT2D eigenvalue weighted by atomic mass is 79.9. The first-order valence-corrected chi connectivity index (χ1v) is 45.8. The molecule has 2 unspecified atom stereocenters. The van der Waals surface area contributed by atoms with E-state index in [1.807, 2.05) is 112 Å². The molecule has 2 atom stereocenters. The third-order valence-corrected chi connectivity index (χ3v) is 24.2. The lowest BCUT2D eigenvalue weighted by Gasteiger charge is -2.28. The Morgan fingerprint density at radius 3 is 1.24 bits per heavy atom. The van der Waals surface area contributed by atoms with Gasteiger partial charge in [0.15, 0.2) is 9.84 Å². The van der Waals surface area contributed by atoms with Gasteiger partial charge < -0.3 is 55.4 Å². The fourth-order valence-corrected chi connectivity index (χ4v) is 15.7. The number of phenols is 4. The molecule has 0 heterocycles. The first-order chi connectivity index (χ1) is 54.3. The van der Waals surface area contributed by atoms with Gasteiger partial charge in [-0.2, -0.15) is 4.31 Å². The molecule has 1 fully saturated rings. The molecule has 9 N–H and O–H groups in total. The standard InChI is InChI=1S/C26H48O4.C16H18O3S.C14H22BrNO2S.C14H22O2.C12H10O.C6H14O3.C6H14O2/c1-21(2)15-9-5-7-13-19-29-25(27)23-17-11-12-18-24(23)26(28)30-20-14-8-6-10-16-22(3)4;1-11-4-6-15(7-5-11)20(18,19)10-16-12(2)8-14(17)9-13(16)3;1-3-5-11-16(12-6-4-2)19(17,18)14-9-7-13(15)8-10-14;1-13(2,3)9-7-12(16)10(8-11(9)15)14(4,5)6;13-12-8-6-11(7-9-12)10-4-2-1-3-5-10;1-2-6(3-7,4-8)5-9;7-5-3-1-2-4-6-8/h21-24H,5-20H2,1-4H3;4-9,17H,10H2,1-3H3;7-10H,3-6,11-12H2,1-2H3;7-8,15-16H,1-6H3;1-9,13H;7-9H,2-5H2,1H3;7-8H,1-6H2. The summed E-state index contributed by atoms with van der Waals surface area (Å²) in [5.74, 6) is 1.47. The summed E-state index contributed by atoms with van der Waals surface area (Å²) in [5.41, 5.74) is 6.20. The molecular formula is C94H148BrNO17S2. The molecule has 1 aliphatic carbocycles. The number of aryl methyl sites for hydroxylation is 3. The van der Waals surface area contributed by atoms with Crippen LogP contribution in [0.25, 0.3) is 11.1 Å². The fourth-order valence-electron chi connectivity index (χ4n) is 12.4. The van der Waals surface area contributed by atoms with Gasteiger partial charge in [-0.3, -0.25) is 9.59 Å². The molecule has 21 heteroatoms. The topological polar surface area (TPSA) is 306 Å². The van der Waals surface area contributed by atoms with Crippen LogP contribution in [0.1, 0.15) is 271 Å². The largest absolute Gasteiger partial charge is 0.508 e. The van der Waals surface area contributed by atoms with E-state index in [9.17, 15) is 41.7 Å². The molecule has 0 saturated heterocycles. The molecule has 6 aromatic carbocycles. The number of carbonyl (C=O) groups is 2. The van der Waals surface area contributed by atoms with E-state index in [4.69, 9.17) is 40.1 Å². The molecule has 0 spiro atoms. The molecule has 0 aromatic heterocycles. The predicted octanol–water partition coefficient (Wildman–Crippen LogP) is 21.1. The Labute approximate surface area is 702 Å². The summed E-state index contributed by atoms with van der Waals surface area (Å²) in [4.78, 5) is 25.8. The Morgan fingerprint density at radius 1 is 0.487 bits per heavy atom. The van der Waals surface area contributed by atoms with E-state index >= 15 is 0 Å². The van der Waals surface area contributed by atoms with E-state index in [-0.39, 0.29) is 90.6 Å². The number of aliphatic hydroxyl groups excluding tert-OH is 5. The number of hydrogen-bond acceptors (Lipinski definition) is 17. The second-order valence-electron chi connectivity index (χ2n) is 33.2. The van der Waals surface area contributed by atoms with Crippen molar-refractivity contribution in [3.05, 3.63) is 165 Å². The zero-order valence-corrected chi connectivity index (χ0v) is 75.9.